The summed E-state index contributed by atoms with van der Waals surface area (Å²) >= 11 is 7.91. The number of nitrogens with one attached hydrogen (secondary N) is 3. The third kappa shape index (κ3) is 9.58. The maximum absolute atomic E-state index is 12.3. The SMILES string of the molecule is C=CCOc1ccc(NC(=O)C(=O)N/N=C\c2cc(I)c(OCC(=O)Nc3ccc(Cl)cc3)c(OCC)c2)cc1. The molecule has 0 aromatic heterocycles. The van der Waals surface area contributed by atoms with Crippen molar-refractivity contribution in [3.63, 3.8) is 0 Å². The first-order chi connectivity index (χ1) is 19.3. The first-order valence-electron chi connectivity index (χ1n) is 11.9. The summed E-state index contributed by atoms with van der Waals surface area (Å²) in [6.45, 7) is 5.85. The number of hydrogen-bond donors (Lipinski definition) is 3. The molecule has 208 valence electrons. The Morgan fingerprint density at radius 1 is 0.950 bits per heavy atom. The molecule has 0 atom stereocenters. The van der Waals surface area contributed by atoms with Crippen LogP contribution in [0.1, 0.15) is 12.5 Å². The van der Waals surface area contributed by atoms with Crippen molar-refractivity contribution < 1.29 is 28.6 Å². The molecule has 0 unspecified atom stereocenters. The van der Waals surface area contributed by atoms with Gasteiger partial charge in [-0.3, -0.25) is 14.4 Å². The van der Waals surface area contributed by atoms with Crippen LogP contribution >= 0.6 is 34.2 Å². The number of anilines is 2. The molecule has 40 heavy (non-hydrogen) atoms. The summed E-state index contributed by atoms with van der Waals surface area (Å²) in [5.74, 6) is -0.818. The molecular weight excluding hydrogens is 651 g/mol. The van der Waals surface area contributed by atoms with Crippen molar-refractivity contribution >= 4 is 69.5 Å². The predicted octanol–water partition coefficient (Wildman–Crippen LogP) is 5.01. The van der Waals surface area contributed by atoms with Gasteiger partial charge >= 0.3 is 11.8 Å². The fourth-order valence-electron chi connectivity index (χ4n) is 3.13. The maximum Gasteiger partial charge on any atom is 0.329 e. The summed E-state index contributed by atoms with van der Waals surface area (Å²) < 4.78 is 17.4. The van der Waals surface area contributed by atoms with Gasteiger partial charge in [-0.15, -0.1) is 0 Å². The van der Waals surface area contributed by atoms with Crippen LogP contribution in [0.2, 0.25) is 5.02 Å². The Labute approximate surface area is 249 Å². The summed E-state index contributed by atoms with van der Waals surface area (Å²) in [6.07, 6.45) is 2.98. The molecular formula is C28H26ClIN4O6. The lowest BCUT2D eigenvalue weighted by molar-refractivity contribution is -0.136. The van der Waals surface area contributed by atoms with E-state index in [0.29, 0.717) is 56.0 Å². The van der Waals surface area contributed by atoms with Gasteiger partial charge in [-0.05, 0) is 95.7 Å². The van der Waals surface area contributed by atoms with Crippen LogP contribution in [0.3, 0.4) is 0 Å². The van der Waals surface area contributed by atoms with Gasteiger partial charge in [0.05, 0.1) is 16.4 Å². The highest BCUT2D eigenvalue weighted by atomic mass is 127. The predicted molar refractivity (Wildman–Crippen MR) is 162 cm³/mol. The van der Waals surface area contributed by atoms with E-state index in [1.54, 1.807) is 66.7 Å². The van der Waals surface area contributed by atoms with Crippen LogP contribution in [0.25, 0.3) is 0 Å². The number of nitrogens with zero attached hydrogens (tertiary/aromatic N) is 1. The van der Waals surface area contributed by atoms with Crippen LogP contribution < -0.4 is 30.3 Å². The molecule has 10 nitrogen and oxygen atoms in total. The quantitative estimate of drug-likeness (QED) is 0.0814. The highest BCUT2D eigenvalue weighted by molar-refractivity contribution is 14.1. The van der Waals surface area contributed by atoms with Crippen molar-refractivity contribution in [1.29, 1.82) is 0 Å². The fourth-order valence-corrected chi connectivity index (χ4v) is 4.03. The summed E-state index contributed by atoms with van der Waals surface area (Å²) in [6, 6.07) is 16.6. The first-order valence-corrected chi connectivity index (χ1v) is 13.4. The summed E-state index contributed by atoms with van der Waals surface area (Å²) in [4.78, 5) is 36.7. The van der Waals surface area contributed by atoms with Gasteiger partial charge in [0.2, 0.25) is 0 Å². The highest BCUT2D eigenvalue weighted by Crippen LogP contribution is 2.34. The second-order valence-corrected chi connectivity index (χ2v) is 9.48. The molecule has 0 heterocycles. The Morgan fingerprint density at radius 3 is 2.30 bits per heavy atom. The van der Waals surface area contributed by atoms with E-state index < -0.39 is 11.8 Å². The van der Waals surface area contributed by atoms with E-state index in [1.807, 2.05) is 29.5 Å². The van der Waals surface area contributed by atoms with E-state index in [2.05, 4.69) is 27.7 Å². The molecule has 0 aliphatic heterocycles. The summed E-state index contributed by atoms with van der Waals surface area (Å²) in [5.41, 5.74) is 3.77. The van der Waals surface area contributed by atoms with Crippen LogP contribution in [0.5, 0.6) is 17.2 Å². The van der Waals surface area contributed by atoms with Crippen molar-refractivity contribution in [2.24, 2.45) is 5.10 Å². The molecule has 3 aromatic carbocycles. The molecule has 3 N–H and O–H groups in total. The zero-order valence-electron chi connectivity index (χ0n) is 21.4. The Bertz CT molecular complexity index is 1380. The maximum atomic E-state index is 12.3. The fraction of sp³-hybridized carbons (Fsp3) is 0.143. The molecule has 12 heteroatoms. The van der Waals surface area contributed by atoms with Gasteiger partial charge in [0.15, 0.2) is 18.1 Å². The number of hydrazone groups is 1. The van der Waals surface area contributed by atoms with Crippen LogP contribution in [0, 0.1) is 3.57 Å². The number of hydrogen-bond acceptors (Lipinski definition) is 7. The van der Waals surface area contributed by atoms with Gasteiger partial charge in [-0.25, -0.2) is 5.43 Å². The van der Waals surface area contributed by atoms with Crippen LogP contribution in [0.4, 0.5) is 11.4 Å². The third-order valence-electron chi connectivity index (χ3n) is 4.87. The van der Waals surface area contributed by atoms with Crippen molar-refractivity contribution in [3.8, 4) is 17.2 Å². The zero-order chi connectivity index (χ0) is 28.9. The van der Waals surface area contributed by atoms with Crippen molar-refractivity contribution in [1.82, 2.24) is 5.43 Å². The molecule has 0 aliphatic rings. The number of rotatable bonds is 12. The second-order valence-electron chi connectivity index (χ2n) is 7.88. The van der Waals surface area contributed by atoms with Gasteiger partial charge in [-0.2, -0.15) is 5.10 Å². The number of ether oxygens (including phenoxy) is 3. The molecule has 0 fully saturated rings. The number of carbonyl (C=O) groups excluding carboxylic acids is 3. The average Bonchev–Trinajstić information content (AvgIpc) is 2.93. The van der Waals surface area contributed by atoms with Crippen LogP contribution in [-0.4, -0.2) is 43.8 Å². The molecule has 3 rings (SSSR count). The molecule has 3 amide bonds. The average molecular weight is 677 g/mol. The van der Waals surface area contributed by atoms with Gasteiger partial charge in [0.25, 0.3) is 5.91 Å². The lowest BCUT2D eigenvalue weighted by Crippen LogP contribution is -2.32. The number of benzene rings is 3. The van der Waals surface area contributed by atoms with Crippen molar-refractivity contribution in [3.05, 3.63) is 87.5 Å². The Morgan fingerprint density at radius 2 is 1.62 bits per heavy atom. The van der Waals surface area contributed by atoms with E-state index in [4.69, 9.17) is 25.8 Å². The molecule has 0 saturated carbocycles. The third-order valence-corrected chi connectivity index (χ3v) is 5.93. The second kappa shape index (κ2) is 15.5. The lowest BCUT2D eigenvalue weighted by Gasteiger charge is -2.14. The van der Waals surface area contributed by atoms with E-state index >= 15 is 0 Å². The van der Waals surface area contributed by atoms with Gasteiger partial charge in [0.1, 0.15) is 12.4 Å². The van der Waals surface area contributed by atoms with Gasteiger partial charge < -0.3 is 24.8 Å². The largest absolute Gasteiger partial charge is 0.490 e. The van der Waals surface area contributed by atoms with E-state index in [9.17, 15) is 14.4 Å². The Balaban J connectivity index is 1.57. The minimum absolute atomic E-state index is 0.248. The first kappa shape index (κ1) is 30.4. The number of carbonyl (C=O) groups is 3. The molecule has 0 aliphatic carbocycles. The van der Waals surface area contributed by atoms with Gasteiger partial charge in [0, 0.05) is 16.4 Å². The van der Waals surface area contributed by atoms with Crippen molar-refractivity contribution in [2.75, 3.05) is 30.5 Å². The van der Waals surface area contributed by atoms with Gasteiger partial charge in [-0.1, -0.05) is 24.3 Å². The summed E-state index contributed by atoms with van der Waals surface area (Å²) in [7, 11) is 0. The summed E-state index contributed by atoms with van der Waals surface area (Å²) in [5, 5.41) is 9.63. The molecule has 3 aromatic rings. The van der Waals surface area contributed by atoms with E-state index in [1.165, 1.54) is 6.21 Å². The zero-order valence-corrected chi connectivity index (χ0v) is 24.3. The minimum atomic E-state index is -0.949. The topological polar surface area (TPSA) is 127 Å². The standard InChI is InChI=1S/C28H26ClIN4O6/c1-3-13-39-22-11-9-21(10-12-22)33-27(36)28(37)34-31-16-18-14-23(30)26(24(15-18)38-4-2)40-17-25(35)32-20-7-5-19(29)6-8-20/h3,5-12,14-16H,1,4,13,17H2,2H3,(H,32,35)(H,33,36)(H,34,37)/b31-16-. The lowest BCUT2D eigenvalue weighted by atomic mass is 10.2. The monoisotopic (exact) mass is 676 g/mol. The Kier molecular flexibility index (Phi) is 11.8. The molecule has 0 bridgehead atoms. The van der Waals surface area contributed by atoms with Crippen molar-refractivity contribution in [2.45, 2.75) is 6.92 Å². The van der Waals surface area contributed by atoms with E-state index in [-0.39, 0.29) is 12.5 Å². The normalized spacial score (nSPS) is 10.5. The molecule has 0 saturated heterocycles. The van der Waals surface area contributed by atoms with E-state index in [0.717, 1.165) is 0 Å². The smallest absolute Gasteiger partial charge is 0.329 e. The van der Waals surface area contributed by atoms with Crippen LogP contribution in [-0.2, 0) is 14.4 Å². The number of halogens is 2. The minimum Gasteiger partial charge on any atom is -0.490 e. The number of amides is 3. The highest BCUT2D eigenvalue weighted by Gasteiger charge is 2.15. The Hall–Kier alpha value is -4.10. The molecule has 0 spiro atoms. The molecule has 0 radical (unpaired) electrons. The van der Waals surface area contributed by atoms with Crippen LogP contribution in [0.15, 0.2) is 78.4 Å².